The maximum absolute atomic E-state index is 12.8. The van der Waals surface area contributed by atoms with Crippen molar-refractivity contribution in [3.8, 4) is 11.5 Å². The first-order valence-corrected chi connectivity index (χ1v) is 8.41. The van der Waals surface area contributed by atoms with Gasteiger partial charge in [0.05, 0.1) is 13.5 Å². The Labute approximate surface area is 142 Å². The van der Waals surface area contributed by atoms with E-state index in [2.05, 4.69) is 11.7 Å². The highest BCUT2D eigenvalue weighted by Gasteiger charge is 2.20. The van der Waals surface area contributed by atoms with E-state index in [-0.39, 0.29) is 25.1 Å². The van der Waals surface area contributed by atoms with Crippen LogP contribution in [0.2, 0.25) is 0 Å². The highest BCUT2D eigenvalue weighted by Crippen LogP contribution is 2.32. The largest absolute Gasteiger partial charge is 0.469 e. The molecule has 0 aromatic heterocycles. The van der Waals surface area contributed by atoms with E-state index in [1.165, 1.54) is 7.11 Å². The van der Waals surface area contributed by atoms with Crippen molar-refractivity contribution in [2.45, 2.75) is 39.0 Å². The van der Waals surface area contributed by atoms with Crippen molar-refractivity contribution in [2.24, 2.45) is 0 Å². The van der Waals surface area contributed by atoms with Crippen LogP contribution in [0.15, 0.2) is 18.2 Å². The van der Waals surface area contributed by atoms with Crippen LogP contribution in [0, 0.1) is 0 Å². The van der Waals surface area contributed by atoms with Crippen LogP contribution in [-0.2, 0) is 9.53 Å². The highest BCUT2D eigenvalue weighted by molar-refractivity contribution is 5.95. The molecule has 24 heavy (non-hydrogen) atoms. The molecule has 1 aromatic carbocycles. The molecule has 0 saturated carbocycles. The van der Waals surface area contributed by atoms with Crippen LogP contribution in [0.25, 0.3) is 0 Å². The van der Waals surface area contributed by atoms with Gasteiger partial charge in [0.15, 0.2) is 11.5 Å². The molecule has 1 amide bonds. The van der Waals surface area contributed by atoms with Crippen molar-refractivity contribution in [3.63, 3.8) is 0 Å². The molecule has 132 valence electrons. The van der Waals surface area contributed by atoms with Gasteiger partial charge in [0.2, 0.25) is 6.79 Å². The Hall–Kier alpha value is -2.24. The third kappa shape index (κ3) is 4.88. The number of ether oxygens (including phenoxy) is 3. The summed E-state index contributed by atoms with van der Waals surface area (Å²) in [6.45, 7) is 3.30. The van der Waals surface area contributed by atoms with Gasteiger partial charge in [0.25, 0.3) is 5.91 Å². The molecule has 6 heteroatoms. The fourth-order valence-corrected chi connectivity index (χ4v) is 2.58. The van der Waals surface area contributed by atoms with Gasteiger partial charge < -0.3 is 19.1 Å². The molecule has 0 aliphatic carbocycles. The fraction of sp³-hybridized carbons (Fsp3) is 0.556. The molecule has 0 unspecified atom stereocenters. The maximum atomic E-state index is 12.8. The number of benzene rings is 1. The predicted octanol–water partition coefficient (Wildman–Crippen LogP) is 3.00. The van der Waals surface area contributed by atoms with Crippen LogP contribution in [0.3, 0.4) is 0 Å². The summed E-state index contributed by atoms with van der Waals surface area (Å²) < 4.78 is 15.3. The van der Waals surface area contributed by atoms with Crippen molar-refractivity contribution in [1.29, 1.82) is 0 Å². The van der Waals surface area contributed by atoms with Gasteiger partial charge in [0.1, 0.15) is 0 Å². The second-order valence-electron chi connectivity index (χ2n) is 5.75. The topological polar surface area (TPSA) is 65.1 Å². The minimum absolute atomic E-state index is 0.103. The third-order valence-electron chi connectivity index (χ3n) is 4.00. The van der Waals surface area contributed by atoms with Crippen LogP contribution in [0.1, 0.15) is 49.4 Å². The Morgan fingerprint density at radius 3 is 2.67 bits per heavy atom. The number of amides is 1. The number of rotatable bonds is 9. The van der Waals surface area contributed by atoms with Crippen LogP contribution >= 0.6 is 0 Å². The Morgan fingerprint density at radius 1 is 1.12 bits per heavy atom. The van der Waals surface area contributed by atoms with Gasteiger partial charge in [-0.2, -0.15) is 0 Å². The second-order valence-corrected chi connectivity index (χ2v) is 5.75. The summed E-state index contributed by atoms with van der Waals surface area (Å²) in [4.78, 5) is 25.9. The fourth-order valence-electron chi connectivity index (χ4n) is 2.58. The molecule has 0 saturated heterocycles. The molecule has 1 heterocycles. The van der Waals surface area contributed by atoms with Crippen LogP contribution < -0.4 is 9.47 Å². The van der Waals surface area contributed by atoms with E-state index < -0.39 is 0 Å². The zero-order valence-electron chi connectivity index (χ0n) is 14.4. The Kier molecular flexibility index (Phi) is 6.90. The van der Waals surface area contributed by atoms with Gasteiger partial charge in [-0.25, -0.2) is 0 Å². The predicted molar refractivity (Wildman–Crippen MR) is 89.2 cm³/mol. The number of esters is 1. The average molecular weight is 335 g/mol. The Balaban J connectivity index is 2.02. The Morgan fingerprint density at radius 2 is 1.92 bits per heavy atom. The average Bonchev–Trinajstić information content (AvgIpc) is 3.07. The van der Waals surface area contributed by atoms with Gasteiger partial charge in [-0.05, 0) is 24.6 Å². The lowest BCUT2D eigenvalue weighted by Gasteiger charge is -2.22. The first-order valence-electron chi connectivity index (χ1n) is 8.41. The number of hydrogen-bond acceptors (Lipinski definition) is 5. The van der Waals surface area contributed by atoms with E-state index >= 15 is 0 Å². The second kappa shape index (κ2) is 9.15. The van der Waals surface area contributed by atoms with Crippen molar-refractivity contribution >= 4 is 11.9 Å². The molecule has 1 aliphatic rings. The molecular formula is C18H25NO5. The van der Waals surface area contributed by atoms with E-state index in [0.717, 1.165) is 25.7 Å². The number of hydrogen-bond donors (Lipinski definition) is 0. The van der Waals surface area contributed by atoms with Crippen LogP contribution in [0.4, 0.5) is 0 Å². The molecule has 0 bridgehead atoms. The van der Waals surface area contributed by atoms with Gasteiger partial charge >= 0.3 is 5.97 Å². The number of nitrogens with zero attached hydrogens (tertiary/aromatic N) is 1. The summed E-state index contributed by atoms with van der Waals surface area (Å²) in [5.41, 5.74) is 0.541. The van der Waals surface area contributed by atoms with Crippen LogP contribution in [0.5, 0.6) is 11.5 Å². The van der Waals surface area contributed by atoms with E-state index in [1.807, 2.05) is 0 Å². The summed E-state index contributed by atoms with van der Waals surface area (Å²) in [7, 11) is 1.35. The lowest BCUT2D eigenvalue weighted by molar-refractivity contribution is -0.140. The molecule has 0 N–H and O–H groups in total. The quantitative estimate of drug-likeness (QED) is 0.513. The standard InChI is InChI=1S/C18H25NO5/c1-3-4-5-6-10-19(11-9-17(20)22-2)18(21)14-7-8-15-16(12-14)24-13-23-15/h7-8,12H,3-6,9-11,13H2,1-2H3. The minimum Gasteiger partial charge on any atom is -0.469 e. The van der Waals surface area contributed by atoms with Gasteiger partial charge in [-0.3, -0.25) is 9.59 Å². The van der Waals surface area contributed by atoms with Crippen molar-refractivity contribution in [1.82, 2.24) is 4.90 Å². The Bertz CT molecular complexity index is 573. The lowest BCUT2D eigenvalue weighted by Crippen LogP contribution is -2.34. The molecule has 1 aromatic rings. The number of methoxy groups -OCH3 is 1. The molecule has 6 nitrogen and oxygen atoms in total. The monoisotopic (exact) mass is 335 g/mol. The summed E-state index contributed by atoms with van der Waals surface area (Å²) in [5, 5.41) is 0. The molecule has 0 radical (unpaired) electrons. The summed E-state index contributed by atoms with van der Waals surface area (Å²) >= 11 is 0. The highest BCUT2D eigenvalue weighted by atomic mass is 16.7. The SMILES string of the molecule is CCCCCCN(CCC(=O)OC)C(=O)c1ccc2c(c1)OCO2. The smallest absolute Gasteiger partial charge is 0.307 e. The van der Waals surface area contributed by atoms with Crippen molar-refractivity contribution in [2.75, 3.05) is 27.0 Å². The van der Waals surface area contributed by atoms with Gasteiger partial charge in [-0.15, -0.1) is 0 Å². The molecule has 0 fully saturated rings. The zero-order chi connectivity index (χ0) is 17.4. The third-order valence-corrected chi connectivity index (χ3v) is 4.00. The molecule has 1 aliphatic heterocycles. The van der Waals surface area contributed by atoms with E-state index in [4.69, 9.17) is 9.47 Å². The maximum Gasteiger partial charge on any atom is 0.307 e. The number of fused-ring (bicyclic) bond motifs is 1. The number of carbonyl (C=O) groups is 2. The van der Waals surface area contributed by atoms with E-state index in [1.54, 1.807) is 23.1 Å². The zero-order valence-corrected chi connectivity index (χ0v) is 14.4. The molecule has 2 rings (SSSR count). The number of carbonyl (C=O) groups excluding carboxylic acids is 2. The lowest BCUT2D eigenvalue weighted by atomic mass is 10.1. The minimum atomic E-state index is -0.313. The van der Waals surface area contributed by atoms with E-state index in [0.29, 0.717) is 30.2 Å². The van der Waals surface area contributed by atoms with E-state index in [9.17, 15) is 9.59 Å². The van der Waals surface area contributed by atoms with Gasteiger partial charge in [-0.1, -0.05) is 26.2 Å². The normalized spacial score (nSPS) is 12.1. The van der Waals surface area contributed by atoms with Crippen molar-refractivity contribution in [3.05, 3.63) is 23.8 Å². The van der Waals surface area contributed by atoms with Gasteiger partial charge in [0, 0.05) is 18.7 Å². The van der Waals surface area contributed by atoms with Crippen LogP contribution in [-0.4, -0.2) is 43.8 Å². The summed E-state index contributed by atoms with van der Waals surface area (Å²) in [6, 6.07) is 5.17. The number of unbranched alkanes of at least 4 members (excludes halogenated alkanes) is 3. The first-order chi connectivity index (χ1) is 11.7. The first kappa shape index (κ1) is 18.1. The van der Waals surface area contributed by atoms with Crippen molar-refractivity contribution < 1.29 is 23.8 Å². The molecular weight excluding hydrogens is 310 g/mol. The molecule has 0 spiro atoms. The summed E-state index contributed by atoms with van der Waals surface area (Å²) in [5.74, 6) is 0.816. The molecule has 0 atom stereocenters. The summed E-state index contributed by atoms with van der Waals surface area (Å²) in [6.07, 6.45) is 4.47.